The first-order chi connectivity index (χ1) is 12.6. The van der Waals surface area contributed by atoms with E-state index in [4.69, 9.17) is 10.00 Å². The van der Waals surface area contributed by atoms with Crippen LogP contribution in [0.1, 0.15) is 35.8 Å². The highest BCUT2D eigenvalue weighted by atomic mass is 19.1. The molecule has 2 amide bonds. The summed E-state index contributed by atoms with van der Waals surface area (Å²) in [4.78, 5) is 14.3. The first kappa shape index (κ1) is 17.9. The van der Waals surface area contributed by atoms with Gasteiger partial charge in [-0.05, 0) is 42.3 Å². The number of ether oxygens (including phenoxy) is 1. The number of nitriles is 1. The number of nitrogens with zero attached hydrogens (tertiary/aromatic N) is 2. The van der Waals surface area contributed by atoms with Crippen molar-refractivity contribution < 1.29 is 13.9 Å². The highest BCUT2D eigenvalue weighted by Crippen LogP contribution is 2.23. The fourth-order valence-corrected chi connectivity index (χ4v) is 2.98. The van der Waals surface area contributed by atoms with E-state index in [1.165, 1.54) is 12.1 Å². The number of benzene rings is 2. The van der Waals surface area contributed by atoms with Crippen molar-refractivity contribution in [2.45, 2.75) is 19.1 Å². The number of nitrogens with one attached hydrogen (secondary N) is 1. The lowest BCUT2D eigenvalue weighted by atomic mass is 10.1. The van der Waals surface area contributed by atoms with Gasteiger partial charge in [0.2, 0.25) is 0 Å². The smallest absolute Gasteiger partial charge is 0.318 e. The maximum atomic E-state index is 13.4. The van der Waals surface area contributed by atoms with Crippen LogP contribution in [0, 0.1) is 17.1 Å². The molecule has 1 heterocycles. The number of morpholine rings is 1. The number of urea groups is 1. The Balaban J connectivity index is 1.64. The number of rotatable bonds is 3. The zero-order chi connectivity index (χ0) is 18.5. The van der Waals surface area contributed by atoms with E-state index >= 15 is 0 Å². The van der Waals surface area contributed by atoms with Gasteiger partial charge >= 0.3 is 6.03 Å². The average Bonchev–Trinajstić information content (AvgIpc) is 2.68. The fourth-order valence-electron chi connectivity index (χ4n) is 2.98. The van der Waals surface area contributed by atoms with Gasteiger partial charge in [0.05, 0.1) is 30.8 Å². The van der Waals surface area contributed by atoms with E-state index in [0.29, 0.717) is 25.3 Å². The second-order valence-electron chi connectivity index (χ2n) is 6.27. The van der Waals surface area contributed by atoms with Crippen LogP contribution in [0.4, 0.5) is 9.18 Å². The number of hydrogen-bond acceptors (Lipinski definition) is 3. The minimum atomic E-state index is -0.345. The Morgan fingerprint density at radius 2 is 2.15 bits per heavy atom. The van der Waals surface area contributed by atoms with Gasteiger partial charge in [-0.1, -0.05) is 24.3 Å². The van der Waals surface area contributed by atoms with Gasteiger partial charge in [-0.25, -0.2) is 9.18 Å². The molecule has 1 saturated heterocycles. The van der Waals surface area contributed by atoms with Crippen molar-refractivity contribution in [1.29, 1.82) is 5.26 Å². The molecule has 0 unspecified atom stereocenters. The molecule has 1 aliphatic heterocycles. The molecule has 0 aromatic heterocycles. The first-order valence-corrected chi connectivity index (χ1v) is 8.49. The quantitative estimate of drug-likeness (QED) is 0.918. The Kier molecular flexibility index (Phi) is 5.49. The molecular weight excluding hydrogens is 333 g/mol. The third kappa shape index (κ3) is 4.19. The summed E-state index contributed by atoms with van der Waals surface area (Å²) in [5.74, 6) is -0.321. The molecule has 2 atom stereocenters. The molecule has 2 aromatic rings. The van der Waals surface area contributed by atoms with Crippen LogP contribution in [0.15, 0.2) is 48.5 Å². The number of carbonyl (C=O) groups is 1. The Morgan fingerprint density at radius 3 is 2.92 bits per heavy atom. The molecule has 134 valence electrons. The zero-order valence-corrected chi connectivity index (χ0v) is 14.5. The SMILES string of the molecule is C[C@H](NC(=O)N1CCO[C@H](c2cccc(F)c2)C1)c1cccc(C#N)c1. The third-order valence-electron chi connectivity index (χ3n) is 4.43. The predicted molar refractivity (Wildman–Crippen MR) is 94.8 cm³/mol. The summed E-state index contributed by atoms with van der Waals surface area (Å²) in [7, 11) is 0. The van der Waals surface area contributed by atoms with Crippen molar-refractivity contribution in [3.8, 4) is 6.07 Å². The third-order valence-corrected chi connectivity index (χ3v) is 4.43. The highest BCUT2D eigenvalue weighted by Gasteiger charge is 2.26. The first-order valence-electron chi connectivity index (χ1n) is 8.49. The van der Waals surface area contributed by atoms with Crippen molar-refractivity contribution in [1.82, 2.24) is 10.2 Å². The number of hydrogen-bond donors (Lipinski definition) is 1. The van der Waals surface area contributed by atoms with Gasteiger partial charge in [0, 0.05) is 6.54 Å². The summed E-state index contributed by atoms with van der Waals surface area (Å²) in [6.45, 7) is 3.11. The van der Waals surface area contributed by atoms with Gasteiger partial charge in [0.25, 0.3) is 0 Å². The second-order valence-corrected chi connectivity index (χ2v) is 6.27. The van der Waals surface area contributed by atoms with E-state index in [2.05, 4.69) is 11.4 Å². The number of halogens is 1. The largest absolute Gasteiger partial charge is 0.370 e. The Hall–Kier alpha value is -2.91. The molecule has 0 saturated carbocycles. The van der Waals surface area contributed by atoms with E-state index in [1.807, 2.05) is 13.0 Å². The van der Waals surface area contributed by atoms with Crippen molar-refractivity contribution in [3.05, 3.63) is 71.0 Å². The van der Waals surface area contributed by atoms with Gasteiger partial charge in [-0.15, -0.1) is 0 Å². The molecule has 1 aliphatic rings. The molecule has 5 nitrogen and oxygen atoms in total. The van der Waals surface area contributed by atoms with Gasteiger partial charge in [0.1, 0.15) is 11.9 Å². The molecule has 0 radical (unpaired) electrons. The van der Waals surface area contributed by atoms with Crippen LogP contribution in [0.2, 0.25) is 0 Å². The molecule has 1 N–H and O–H groups in total. The van der Waals surface area contributed by atoms with Gasteiger partial charge in [-0.2, -0.15) is 5.26 Å². The van der Waals surface area contributed by atoms with Crippen LogP contribution in [-0.2, 0) is 4.74 Å². The number of amides is 2. The molecule has 6 heteroatoms. The normalized spacial score (nSPS) is 18.0. The van der Waals surface area contributed by atoms with E-state index in [-0.39, 0.29) is 24.0 Å². The molecule has 0 spiro atoms. The summed E-state index contributed by atoms with van der Waals surface area (Å²) in [6, 6.07) is 15.1. The molecule has 0 bridgehead atoms. The topological polar surface area (TPSA) is 65.4 Å². The van der Waals surface area contributed by atoms with E-state index in [0.717, 1.165) is 11.1 Å². The molecule has 2 aromatic carbocycles. The predicted octanol–water partition coefficient (Wildman–Crippen LogP) is 3.54. The Morgan fingerprint density at radius 1 is 1.35 bits per heavy atom. The van der Waals surface area contributed by atoms with Crippen molar-refractivity contribution in [2.75, 3.05) is 19.7 Å². The average molecular weight is 353 g/mol. The minimum Gasteiger partial charge on any atom is -0.370 e. The molecule has 0 aliphatic carbocycles. The van der Waals surface area contributed by atoms with Crippen LogP contribution in [0.25, 0.3) is 0 Å². The zero-order valence-electron chi connectivity index (χ0n) is 14.5. The highest BCUT2D eigenvalue weighted by molar-refractivity contribution is 5.75. The van der Waals surface area contributed by atoms with Gasteiger partial charge < -0.3 is 15.0 Å². The second kappa shape index (κ2) is 7.98. The molecule has 3 rings (SSSR count). The maximum Gasteiger partial charge on any atom is 0.318 e. The van der Waals surface area contributed by atoms with Crippen LogP contribution < -0.4 is 5.32 Å². The summed E-state index contributed by atoms with van der Waals surface area (Å²) in [6.07, 6.45) is -0.345. The molecule has 26 heavy (non-hydrogen) atoms. The minimum absolute atomic E-state index is 0.204. The molecule has 1 fully saturated rings. The van der Waals surface area contributed by atoms with E-state index < -0.39 is 0 Å². The van der Waals surface area contributed by atoms with Crippen LogP contribution in [0.5, 0.6) is 0 Å². The Bertz CT molecular complexity index is 834. The summed E-state index contributed by atoms with van der Waals surface area (Å²) in [5.41, 5.74) is 2.14. The van der Waals surface area contributed by atoms with Gasteiger partial charge in [-0.3, -0.25) is 0 Å². The lowest BCUT2D eigenvalue weighted by Crippen LogP contribution is -2.47. The summed E-state index contributed by atoms with van der Waals surface area (Å²) >= 11 is 0. The van der Waals surface area contributed by atoms with Crippen molar-refractivity contribution >= 4 is 6.03 Å². The Labute approximate surface area is 152 Å². The fraction of sp³-hybridized carbons (Fsp3) is 0.300. The van der Waals surface area contributed by atoms with Crippen molar-refractivity contribution in [3.63, 3.8) is 0 Å². The van der Waals surface area contributed by atoms with E-state index in [9.17, 15) is 9.18 Å². The lowest BCUT2D eigenvalue weighted by molar-refractivity contribution is -0.0158. The van der Waals surface area contributed by atoms with Crippen molar-refractivity contribution in [2.24, 2.45) is 0 Å². The lowest BCUT2D eigenvalue weighted by Gasteiger charge is -2.34. The maximum absolute atomic E-state index is 13.4. The standard InChI is InChI=1S/C20H20FN3O2/c1-14(16-5-2-4-15(10-16)12-22)23-20(25)24-8-9-26-19(13-24)17-6-3-7-18(21)11-17/h2-7,10-11,14,19H,8-9,13H2,1H3,(H,23,25)/t14-,19-/m0/s1. The molecular formula is C20H20FN3O2. The monoisotopic (exact) mass is 353 g/mol. The summed E-state index contributed by atoms with van der Waals surface area (Å²) in [5, 5.41) is 11.9. The van der Waals surface area contributed by atoms with E-state index in [1.54, 1.807) is 35.2 Å². The van der Waals surface area contributed by atoms with Crippen LogP contribution in [0.3, 0.4) is 0 Å². The number of carbonyl (C=O) groups excluding carboxylic acids is 1. The van der Waals surface area contributed by atoms with Crippen LogP contribution in [-0.4, -0.2) is 30.6 Å². The van der Waals surface area contributed by atoms with Crippen LogP contribution >= 0.6 is 0 Å². The summed E-state index contributed by atoms with van der Waals surface area (Å²) < 4.78 is 19.1. The van der Waals surface area contributed by atoms with Gasteiger partial charge in [0.15, 0.2) is 0 Å².